The Kier molecular flexibility index (Phi) is 4.46. The first-order chi connectivity index (χ1) is 11.8. The van der Waals surface area contributed by atoms with Crippen LogP contribution in [0.2, 0.25) is 0 Å². The summed E-state index contributed by atoms with van der Waals surface area (Å²) in [6, 6.07) is 7.69. The molecule has 0 spiro atoms. The standard InChI is InChI=1S/C17H13N3OS3/c21-17(14-4-2-7-22-14)20-6-8-23-15(20)9-13-11-24-16(19-13)12-3-1-5-18-10-12/h1-5,7,9-11H,6,8H2/b15-9+. The van der Waals surface area contributed by atoms with E-state index in [1.807, 2.05) is 52.2 Å². The van der Waals surface area contributed by atoms with Gasteiger partial charge in [0.2, 0.25) is 0 Å². The molecule has 1 aliphatic rings. The number of thioether (sulfide) groups is 1. The number of aromatic nitrogens is 2. The van der Waals surface area contributed by atoms with Crippen LogP contribution in [0.5, 0.6) is 0 Å². The van der Waals surface area contributed by atoms with Gasteiger partial charge < -0.3 is 4.90 Å². The predicted octanol–water partition coefficient (Wildman–Crippen LogP) is 4.45. The van der Waals surface area contributed by atoms with Crippen molar-refractivity contribution in [3.05, 3.63) is 63.0 Å². The molecule has 0 N–H and O–H groups in total. The maximum atomic E-state index is 12.6. The van der Waals surface area contributed by atoms with E-state index in [0.717, 1.165) is 38.5 Å². The molecule has 3 aromatic heterocycles. The Bertz CT molecular complexity index is 872. The fraction of sp³-hybridized carbons (Fsp3) is 0.118. The van der Waals surface area contributed by atoms with E-state index in [0.29, 0.717) is 0 Å². The first kappa shape index (κ1) is 15.6. The number of pyridine rings is 1. The number of thiophene rings is 1. The van der Waals surface area contributed by atoms with Gasteiger partial charge in [-0.15, -0.1) is 34.4 Å². The summed E-state index contributed by atoms with van der Waals surface area (Å²) in [6.45, 7) is 0.743. The van der Waals surface area contributed by atoms with Gasteiger partial charge in [0.1, 0.15) is 5.01 Å². The molecule has 1 saturated heterocycles. The van der Waals surface area contributed by atoms with Crippen molar-refractivity contribution in [1.82, 2.24) is 14.9 Å². The highest BCUT2D eigenvalue weighted by Gasteiger charge is 2.26. The second-order valence-corrected chi connectivity index (χ2v) is 8.01. The molecule has 4 rings (SSSR count). The van der Waals surface area contributed by atoms with Crippen molar-refractivity contribution in [2.75, 3.05) is 12.3 Å². The fourth-order valence-corrected chi connectivity index (χ4v) is 4.84. The lowest BCUT2D eigenvalue weighted by molar-refractivity contribution is 0.0835. The van der Waals surface area contributed by atoms with E-state index in [2.05, 4.69) is 9.97 Å². The Labute approximate surface area is 151 Å². The molecule has 4 nitrogen and oxygen atoms in total. The Morgan fingerprint density at radius 2 is 2.21 bits per heavy atom. The van der Waals surface area contributed by atoms with Crippen LogP contribution < -0.4 is 0 Å². The molecule has 1 fully saturated rings. The van der Waals surface area contributed by atoms with Crippen LogP contribution in [0.1, 0.15) is 15.4 Å². The van der Waals surface area contributed by atoms with Gasteiger partial charge in [-0.05, 0) is 29.7 Å². The van der Waals surface area contributed by atoms with Gasteiger partial charge >= 0.3 is 0 Å². The Balaban J connectivity index is 1.59. The second kappa shape index (κ2) is 6.88. The van der Waals surface area contributed by atoms with Crippen LogP contribution in [0, 0.1) is 0 Å². The highest BCUT2D eigenvalue weighted by molar-refractivity contribution is 8.03. The number of carbonyl (C=O) groups excluding carboxylic acids is 1. The lowest BCUT2D eigenvalue weighted by atomic mass is 10.3. The Hall–Kier alpha value is -1.96. The van der Waals surface area contributed by atoms with E-state index in [9.17, 15) is 4.79 Å². The van der Waals surface area contributed by atoms with Crippen molar-refractivity contribution < 1.29 is 4.79 Å². The molecule has 1 amide bonds. The molecule has 120 valence electrons. The summed E-state index contributed by atoms with van der Waals surface area (Å²) in [5.41, 5.74) is 1.89. The van der Waals surface area contributed by atoms with Crippen molar-refractivity contribution >= 4 is 46.4 Å². The molecule has 0 unspecified atom stereocenters. The number of hydrogen-bond donors (Lipinski definition) is 0. The SMILES string of the molecule is O=C(c1cccs1)N1CCS/C1=C/c1csc(-c2cccnc2)n1. The van der Waals surface area contributed by atoms with Gasteiger partial charge in [-0.3, -0.25) is 9.78 Å². The highest BCUT2D eigenvalue weighted by Crippen LogP contribution is 2.33. The van der Waals surface area contributed by atoms with Crippen LogP contribution in [0.25, 0.3) is 16.6 Å². The molecule has 0 bridgehead atoms. The molecule has 3 aromatic rings. The second-order valence-electron chi connectivity index (χ2n) is 5.08. The molecule has 7 heteroatoms. The number of amides is 1. The van der Waals surface area contributed by atoms with Gasteiger partial charge in [0, 0.05) is 35.6 Å². The summed E-state index contributed by atoms with van der Waals surface area (Å²) in [5.74, 6) is 0.992. The zero-order valence-corrected chi connectivity index (χ0v) is 15.0. The summed E-state index contributed by atoms with van der Waals surface area (Å²) < 4.78 is 0. The Morgan fingerprint density at radius 1 is 1.25 bits per heavy atom. The first-order valence-electron chi connectivity index (χ1n) is 7.37. The van der Waals surface area contributed by atoms with Gasteiger partial charge in [0.25, 0.3) is 5.91 Å². The smallest absolute Gasteiger partial charge is 0.268 e. The Morgan fingerprint density at radius 3 is 3.00 bits per heavy atom. The van der Waals surface area contributed by atoms with Gasteiger partial charge in [0.05, 0.1) is 15.6 Å². The first-order valence-corrected chi connectivity index (χ1v) is 10.1. The van der Waals surface area contributed by atoms with Crippen LogP contribution in [-0.4, -0.2) is 33.1 Å². The zero-order chi connectivity index (χ0) is 16.4. The highest BCUT2D eigenvalue weighted by atomic mass is 32.2. The van der Waals surface area contributed by atoms with Gasteiger partial charge in [0.15, 0.2) is 0 Å². The van der Waals surface area contributed by atoms with Crippen LogP contribution >= 0.6 is 34.4 Å². The summed E-state index contributed by atoms with van der Waals surface area (Å²) in [5, 5.41) is 5.85. The predicted molar refractivity (Wildman–Crippen MR) is 101 cm³/mol. The molecule has 0 radical (unpaired) electrons. The number of rotatable bonds is 3. The molecule has 1 aliphatic heterocycles. The average molecular weight is 372 g/mol. The fourth-order valence-electron chi connectivity index (χ4n) is 2.38. The van der Waals surface area contributed by atoms with Crippen LogP contribution in [-0.2, 0) is 0 Å². The third-order valence-corrected chi connectivity index (χ3v) is 6.30. The normalized spacial score (nSPS) is 16.0. The van der Waals surface area contributed by atoms with Crippen molar-refractivity contribution in [2.45, 2.75) is 0 Å². The summed E-state index contributed by atoms with van der Waals surface area (Å²) in [4.78, 5) is 24.0. The van der Waals surface area contributed by atoms with Gasteiger partial charge in [-0.2, -0.15) is 0 Å². The van der Waals surface area contributed by atoms with E-state index in [1.54, 1.807) is 29.3 Å². The molecule has 0 aromatic carbocycles. The van der Waals surface area contributed by atoms with E-state index in [1.165, 1.54) is 11.3 Å². The number of hydrogen-bond acceptors (Lipinski definition) is 6. The number of carbonyl (C=O) groups is 1. The minimum atomic E-state index is 0.0731. The van der Waals surface area contributed by atoms with E-state index < -0.39 is 0 Å². The third kappa shape index (κ3) is 3.15. The number of thiazole rings is 1. The molecule has 0 aliphatic carbocycles. The van der Waals surface area contributed by atoms with E-state index >= 15 is 0 Å². The molecule has 0 saturated carbocycles. The van der Waals surface area contributed by atoms with Crippen LogP contribution in [0.4, 0.5) is 0 Å². The molecular weight excluding hydrogens is 358 g/mol. The van der Waals surface area contributed by atoms with Gasteiger partial charge in [-0.25, -0.2) is 4.98 Å². The maximum absolute atomic E-state index is 12.6. The maximum Gasteiger partial charge on any atom is 0.268 e. The van der Waals surface area contributed by atoms with Crippen molar-refractivity contribution in [1.29, 1.82) is 0 Å². The monoisotopic (exact) mass is 371 g/mol. The van der Waals surface area contributed by atoms with Gasteiger partial charge in [-0.1, -0.05) is 6.07 Å². The van der Waals surface area contributed by atoms with Crippen molar-refractivity contribution in [2.24, 2.45) is 0 Å². The van der Waals surface area contributed by atoms with Crippen LogP contribution in [0.3, 0.4) is 0 Å². The average Bonchev–Trinajstić information content (AvgIpc) is 3.37. The topological polar surface area (TPSA) is 46.1 Å². The summed E-state index contributed by atoms with van der Waals surface area (Å²) in [6.07, 6.45) is 5.56. The van der Waals surface area contributed by atoms with E-state index in [4.69, 9.17) is 0 Å². The minimum Gasteiger partial charge on any atom is -0.301 e. The van der Waals surface area contributed by atoms with Crippen LogP contribution in [0.15, 0.2) is 52.4 Å². The minimum absolute atomic E-state index is 0.0731. The molecule has 24 heavy (non-hydrogen) atoms. The van der Waals surface area contributed by atoms with E-state index in [-0.39, 0.29) is 5.91 Å². The third-order valence-electron chi connectivity index (χ3n) is 3.51. The quantitative estimate of drug-likeness (QED) is 0.682. The molecule has 0 atom stereocenters. The molecule has 4 heterocycles. The summed E-state index contributed by atoms with van der Waals surface area (Å²) in [7, 11) is 0. The van der Waals surface area contributed by atoms with Crippen molar-refractivity contribution in [3.8, 4) is 10.6 Å². The largest absolute Gasteiger partial charge is 0.301 e. The zero-order valence-electron chi connectivity index (χ0n) is 12.6. The lowest BCUT2D eigenvalue weighted by Crippen LogP contribution is -2.25. The van der Waals surface area contributed by atoms with Crippen molar-refractivity contribution in [3.63, 3.8) is 0 Å². The molecular formula is C17H13N3OS3. The number of nitrogens with zero attached hydrogens (tertiary/aromatic N) is 3. The lowest BCUT2D eigenvalue weighted by Gasteiger charge is -2.15. The summed E-state index contributed by atoms with van der Waals surface area (Å²) >= 11 is 4.77.